The van der Waals surface area contributed by atoms with E-state index in [-0.39, 0.29) is 5.91 Å². The van der Waals surface area contributed by atoms with Crippen molar-refractivity contribution < 1.29 is 4.79 Å². The van der Waals surface area contributed by atoms with Gasteiger partial charge in [0.1, 0.15) is 0 Å². The number of fused-ring (bicyclic) bond motifs is 1. The minimum absolute atomic E-state index is 0.0396. The zero-order valence-electron chi connectivity index (χ0n) is 12.5. The Labute approximate surface area is 134 Å². The molecule has 114 valence electrons. The van der Waals surface area contributed by atoms with Gasteiger partial charge in [-0.15, -0.1) is 11.8 Å². The molecule has 0 saturated carbocycles. The van der Waals surface area contributed by atoms with Crippen LogP contribution in [0.5, 0.6) is 0 Å². The molecular formula is C17H19N3OS. The van der Waals surface area contributed by atoms with E-state index in [1.54, 1.807) is 12.4 Å². The number of hydrogen-bond donors (Lipinski definition) is 1. The number of para-hydroxylation sites is 1. The Hall–Kier alpha value is -2.01. The van der Waals surface area contributed by atoms with E-state index in [0.29, 0.717) is 18.3 Å². The van der Waals surface area contributed by atoms with Crippen LogP contribution in [0.15, 0.2) is 53.7 Å². The molecule has 0 radical (unpaired) electrons. The van der Waals surface area contributed by atoms with Gasteiger partial charge in [-0.25, -0.2) is 0 Å². The van der Waals surface area contributed by atoms with Crippen LogP contribution in [0.4, 0.5) is 5.69 Å². The van der Waals surface area contributed by atoms with Gasteiger partial charge in [0.25, 0.3) is 0 Å². The zero-order valence-corrected chi connectivity index (χ0v) is 13.3. The summed E-state index contributed by atoms with van der Waals surface area (Å²) in [6.45, 7) is 4.00. The molecule has 1 aliphatic rings. The number of nitrogens with zero attached hydrogens (tertiary/aromatic N) is 2. The van der Waals surface area contributed by atoms with E-state index in [0.717, 1.165) is 17.8 Å². The summed E-state index contributed by atoms with van der Waals surface area (Å²) in [6.07, 6.45) is 3.50. The monoisotopic (exact) mass is 313 g/mol. The van der Waals surface area contributed by atoms with Crippen molar-refractivity contribution in [3.63, 3.8) is 0 Å². The average molecular weight is 313 g/mol. The van der Waals surface area contributed by atoms with Gasteiger partial charge in [-0.05, 0) is 23.8 Å². The van der Waals surface area contributed by atoms with Gasteiger partial charge >= 0.3 is 0 Å². The Morgan fingerprint density at radius 3 is 3.05 bits per heavy atom. The molecule has 0 bridgehead atoms. The summed E-state index contributed by atoms with van der Waals surface area (Å²) in [5, 5.41) is 3.45. The number of thioether (sulfide) groups is 1. The Bertz CT molecular complexity index is 647. The fourth-order valence-electron chi connectivity index (χ4n) is 2.56. The third-order valence-corrected chi connectivity index (χ3v) is 4.71. The van der Waals surface area contributed by atoms with Gasteiger partial charge in [0, 0.05) is 35.6 Å². The topological polar surface area (TPSA) is 45.2 Å². The van der Waals surface area contributed by atoms with Gasteiger partial charge < -0.3 is 10.2 Å². The summed E-state index contributed by atoms with van der Waals surface area (Å²) in [5.74, 6) is 0.0396. The lowest BCUT2D eigenvalue weighted by Crippen LogP contribution is -2.41. The van der Waals surface area contributed by atoms with Crippen molar-refractivity contribution in [2.45, 2.75) is 23.6 Å². The highest BCUT2D eigenvalue weighted by atomic mass is 32.2. The van der Waals surface area contributed by atoms with Crippen LogP contribution in [0.2, 0.25) is 0 Å². The van der Waals surface area contributed by atoms with E-state index < -0.39 is 0 Å². The van der Waals surface area contributed by atoms with Crippen LogP contribution in [0.1, 0.15) is 12.5 Å². The maximum absolute atomic E-state index is 12.2. The van der Waals surface area contributed by atoms with Gasteiger partial charge in [-0.3, -0.25) is 9.78 Å². The number of aromatic nitrogens is 1. The first-order valence-electron chi connectivity index (χ1n) is 7.38. The van der Waals surface area contributed by atoms with Crippen LogP contribution >= 0.6 is 11.8 Å². The molecule has 0 aliphatic carbocycles. The number of pyridine rings is 1. The Balaban J connectivity index is 1.62. The Morgan fingerprint density at radius 1 is 1.36 bits per heavy atom. The van der Waals surface area contributed by atoms with Gasteiger partial charge in [-0.1, -0.05) is 25.1 Å². The van der Waals surface area contributed by atoms with Crippen molar-refractivity contribution in [2.24, 2.45) is 0 Å². The van der Waals surface area contributed by atoms with Crippen LogP contribution in [0, 0.1) is 0 Å². The number of anilines is 1. The smallest absolute Gasteiger partial charge is 0.239 e. The zero-order chi connectivity index (χ0) is 15.4. The molecular weight excluding hydrogens is 294 g/mol. The van der Waals surface area contributed by atoms with Crippen LogP contribution < -0.4 is 10.2 Å². The van der Waals surface area contributed by atoms with Crippen LogP contribution in [-0.2, 0) is 11.3 Å². The molecule has 0 unspecified atom stereocenters. The molecule has 1 atom stereocenters. The minimum atomic E-state index is 0.0396. The summed E-state index contributed by atoms with van der Waals surface area (Å²) in [4.78, 5) is 19.7. The molecule has 2 heterocycles. The molecule has 2 aromatic rings. The third kappa shape index (κ3) is 3.60. The fourth-order valence-corrected chi connectivity index (χ4v) is 3.73. The molecule has 0 spiro atoms. The number of nitrogens with one attached hydrogen (secondary N) is 1. The van der Waals surface area contributed by atoms with E-state index in [1.807, 2.05) is 36.0 Å². The van der Waals surface area contributed by atoms with E-state index in [4.69, 9.17) is 0 Å². The van der Waals surface area contributed by atoms with Gasteiger partial charge in [0.2, 0.25) is 5.91 Å². The highest BCUT2D eigenvalue weighted by Gasteiger charge is 2.23. The van der Waals surface area contributed by atoms with Crippen molar-refractivity contribution in [3.05, 3.63) is 54.4 Å². The summed E-state index contributed by atoms with van der Waals surface area (Å²) in [5.41, 5.74) is 2.17. The molecule has 1 N–H and O–H groups in total. The molecule has 3 rings (SSSR count). The minimum Gasteiger partial charge on any atom is -0.360 e. The first-order valence-corrected chi connectivity index (χ1v) is 8.26. The molecule has 22 heavy (non-hydrogen) atoms. The second kappa shape index (κ2) is 6.83. The SMILES string of the molecule is C[C@H]1CN(CC(=O)NCc2cccnc2)c2ccccc2S1. The third-order valence-electron chi connectivity index (χ3n) is 3.56. The van der Waals surface area contributed by atoms with Crippen molar-refractivity contribution in [3.8, 4) is 0 Å². The van der Waals surface area contributed by atoms with E-state index in [2.05, 4.69) is 34.3 Å². The maximum Gasteiger partial charge on any atom is 0.239 e. The number of carbonyl (C=O) groups is 1. The van der Waals surface area contributed by atoms with E-state index in [9.17, 15) is 4.79 Å². The number of hydrogen-bond acceptors (Lipinski definition) is 4. The molecule has 1 aliphatic heterocycles. The standard InChI is InChI=1S/C17H19N3OS/c1-13-11-20(15-6-2-3-7-16(15)22-13)12-17(21)19-10-14-5-4-8-18-9-14/h2-9,13H,10-12H2,1H3,(H,19,21)/t13-/m0/s1. The molecule has 1 amide bonds. The molecule has 5 heteroatoms. The quantitative estimate of drug-likeness (QED) is 0.942. The largest absolute Gasteiger partial charge is 0.360 e. The van der Waals surface area contributed by atoms with E-state index >= 15 is 0 Å². The highest BCUT2D eigenvalue weighted by Crippen LogP contribution is 2.37. The Kier molecular flexibility index (Phi) is 4.63. The highest BCUT2D eigenvalue weighted by molar-refractivity contribution is 8.00. The van der Waals surface area contributed by atoms with Crippen LogP contribution in [0.3, 0.4) is 0 Å². The number of amides is 1. The number of rotatable bonds is 4. The van der Waals surface area contributed by atoms with Gasteiger partial charge in [-0.2, -0.15) is 0 Å². The molecule has 0 fully saturated rings. The van der Waals surface area contributed by atoms with Crippen molar-refractivity contribution >= 4 is 23.4 Å². The van der Waals surface area contributed by atoms with Crippen LogP contribution in [0.25, 0.3) is 0 Å². The first-order chi connectivity index (χ1) is 10.7. The molecule has 1 aromatic carbocycles. The number of benzene rings is 1. The number of carbonyl (C=O) groups excluding carboxylic acids is 1. The maximum atomic E-state index is 12.2. The lowest BCUT2D eigenvalue weighted by atomic mass is 10.2. The summed E-state index contributed by atoms with van der Waals surface area (Å²) in [6, 6.07) is 12.1. The molecule has 1 aromatic heterocycles. The molecule has 4 nitrogen and oxygen atoms in total. The first kappa shape index (κ1) is 14.9. The summed E-state index contributed by atoms with van der Waals surface area (Å²) < 4.78 is 0. The lowest BCUT2D eigenvalue weighted by molar-refractivity contribution is -0.119. The van der Waals surface area contributed by atoms with Crippen molar-refractivity contribution in [2.75, 3.05) is 18.0 Å². The predicted molar refractivity (Wildman–Crippen MR) is 90.1 cm³/mol. The summed E-state index contributed by atoms with van der Waals surface area (Å²) in [7, 11) is 0. The normalized spacial score (nSPS) is 17.0. The van der Waals surface area contributed by atoms with Crippen molar-refractivity contribution in [1.82, 2.24) is 10.3 Å². The lowest BCUT2D eigenvalue weighted by Gasteiger charge is -2.33. The van der Waals surface area contributed by atoms with Crippen molar-refractivity contribution in [1.29, 1.82) is 0 Å². The fraction of sp³-hybridized carbons (Fsp3) is 0.294. The van der Waals surface area contributed by atoms with Crippen LogP contribution in [-0.4, -0.2) is 29.2 Å². The average Bonchev–Trinajstić information content (AvgIpc) is 2.54. The predicted octanol–water partition coefficient (Wildman–Crippen LogP) is 2.70. The van der Waals surface area contributed by atoms with Gasteiger partial charge in [0.05, 0.1) is 12.2 Å². The Morgan fingerprint density at radius 2 is 2.23 bits per heavy atom. The molecule has 0 saturated heterocycles. The van der Waals surface area contributed by atoms with E-state index in [1.165, 1.54) is 4.90 Å². The van der Waals surface area contributed by atoms with Gasteiger partial charge in [0.15, 0.2) is 0 Å². The summed E-state index contributed by atoms with van der Waals surface area (Å²) >= 11 is 1.87. The second-order valence-corrected chi connectivity index (χ2v) is 6.89. The second-order valence-electron chi connectivity index (χ2n) is 5.41.